The van der Waals surface area contributed by atoms with Gasteiger partial charge in [-0.3, -0.25) is 24.9 Å². The lowest BCUT2D eigenvalue weighted by molar-refractivity contribution is 0.426. The van der Waals surface area contributed by atoms with E-state index >= 15 is 0 Å². The molecule has 110 heavy (non-hydrogen) atoms. The summed E-state index contributed by atoms with van der Waals surface area (Å²) in [5.41, 5.74) is 15.1. The fraction of sp³-hybridized carbons (Fsp3) is 0.0412. The summed E-state index contributed by atoms with van der Waals surface area (Å²) in [6.45, 7) is 2.22. The molecule has 0 fully saturated rings. The van der Waals surface area contributed by atoms with E-state index in [1.54, 1.807) is 30.3 Å². The molecule has 2 unspecified atom stereocenters. The van der Waals surface area contributed by atoms with Crippen LogP contribution < -0.4 is 5.46 Å². The number of fused-ring (bicyclic) bond motifs is 4. The van der Waals surface area contributed by atoms with Gasteiger partial charge in [-0.2, -0.15) is 0 Å². The highest BCUT2D eigenvalue weighted by atomic mass is 35.5. The number of nitrogens with zero attached hydrogens (tertiary/aromatic N) is 7. The van der Waals surface area contributed by atoms with Crippen LogP contribution in [0.15, 0.2) is 407 Å². The van der Waals surface area contributed by atoms with Crippen LogP contribution in [0.2, 0.25) is 15.5 Å². The van der Waals surface area contributed by atoms with Crippen molar-refractivity contribution in [2.24, 2.45) is 0 Å². The third-order valence-corrected chi connectivity index (χ3v) is 19.2. The summed E-state index contributed by atoms with van der Waals surface area (Å²) >= 11 is 17.7. The van der Waals surface area contributed by atoms with Gasteiger partial charge in [-0.05, 0) is 111 Å². The van der Waals surface area contributed by atoms with E-state index in [-0.39, 0.29) is 5.92 Å². The highest BCUT2D eigenvalue weighted by Gasteiger charge is 2.35. The molecule has 2 N–H and O–H groups in total. The average Bonchev–Trinajstić information content (AvgIpc) is 0.737. The van der Waals surface area contributed by atoms with E-state index in [0.717, 1.165) is 101 Å². The number of halogens is 3. The van der Waals surface area contributed by atoms with E-state index < -0.39 is 12.5 Å². The normalized spacial score (nSPS) is 11.4. The lowest BCUT2D eigenvalue weighted by atomic mass is 9.75. The Bertz CT molecular complexity index is 5790. The second-order valence-corrected chi connectivity index (χ2v) is 27.0. The molecule has 0 aliphatic heterocycles. The van der Waals surface area contributed by atoms with Gasteiger partial charge in [0, 0.05) is 68.9 Å². The number of benzene rings is 11. The predicted octanol–water partition coefficient (Wildman–Crippen LogP) is 23.3. The van der Waals surface area contributed by atoms with Gasteiger partial charge in [0.25, 0.3) is 0 Å². The molecular formula is C97H75BCl3N7O2. The molecule has 2 atom stereocenters. The van der Waals surface area contributed by atoms with E-state index in [2.05, 4.69) is 233 Å². The van der Waals surface area contributed by atoms with Gasteiger partial charge in [0.15, 0.2) is 0 Å². The van der Waals surface area contributed by atoms with Crippen LogP contribution in [0.3, 0.4) is 0 Å². The number of aromatic nitrogens is 7. The molecule has 0 amide bonds. The Morgan fingerprint density at radius 1 is 0.327 bits per heavy atom. The number of rotatable bonds is 12. The maximum atomic E-state index is 8.58. The summed E-state index contributed by atoms with van der Waals surface area (Å²) in [7, 11) is -1.34. The molecule has 0 spiro atoms. The van der Waals surface area contributed by atoms with Crippen LogP contribution in [0, 0.1) is 0 Å². The average molecular weight is 1490 g/mol. The quantitative estimate of drug-likeness (QED) is 0.0907. The summed E-state index contributed by atoms with van der Waals surface area (Å²) in [6, 6.07) is 130. The molecule has 7 heterocycles. The molecule has 534 valence electrons. The van der Waals surface area contributed by atoms with Gasteiger partial charge in [0.05, 0.1) is 51.2 Å². The molecule has 0 saturated carbocycles. The van der Waals surface area contributed by atoms with Gasteiger partial charge in [0.2, 0.25) is 0 Å². The summed E-state index contributed by atoms with van der Waals surface area (Å²) in [5, 5.41) is 27.5. The van der Waals surface area contributed by atoms with Crippen molar-refractivity contribution in [3.05, 3.63) is 467 Å². The van der Waals surface area contributed by atoms with E-state index in [1.807, 2.05) is 170 Å². The molecule has 18 aromatic rings. The Kier molecular flexibility index (Phi) is 25.9. The first-order chi connectivity index (χ1) is 54.0. The van der Waals surface area contributed by atoms with E-state index in [1.165, 1.54) is 27.5 Å². The molecular weight excluding hydrogens is 1410 g/mol. The molecule has 7 aromatic heterocycles. The molecule has 0 bridgehead atoms. The van der Waals surface area contributed by atoms with Gasteiger partial charge in [-0.15, -0.1) is 0 Å². The van der Waals surface area contributed by atoms with Crippen LogP contribution in [0.4, 0.5) is 0 Å². The molecule has 11 aromatic carbocycles. The molecule has 0 aliphatic carbocycles. The lowest BCUT2D eigenvalue weighted by Gasteiger charge is -2.30. The minimum absolute atomic E-state index is 0.0236. The summed E-state index contributed by atoms with van der Waals surface area (Å²) in [5.74, 6) is -0.0236. The Balaban J connectivity index is 0.000000122. The Labute approximate surface area is 656 Å². The minimum atomic E-state index is -1.34. The lowest BCUT2D eigenvalue weighted by Crippen LogP contribution is -2.29. The van der Waals surface area contributed by atoms with Crippen molar-refractivity contribution in [3.8, 4) is 33.8 Å². The third-order valence-electron chi connectivity index (χ3n) is 18.5. The molecule has 0 aliphatic rings. The summed E-state index contributed by atoms with van der Waals surface area (Å²) < 4.78 is 0. The van der Waals surface area contributed by atoms with Crippen LogP contribution in [0.25, 0.3) is 76.9 Å². The number of hydrogen-bond donors (Lipinski definition) is 2. The maximum absolute atomic E-state index is 8.58. The first-order valence-electron chi connectivity index (χ1n) is 36.0. The van der Waals surface area contributed by atoms with Gasteiger partial charge in [-0.25, -0.2) is 9.97 Å². The maximum Gasteiger partial charge on any atom is 0.488 e. The third kappa shape index (κ3) is 19.4. The van der Waals surface area contributed by atoms with Gasteiger partial charge in [0.1, 0.15) is 15.5 Å². The first kappa shape index (κ1) is 75.6. The van der Waals surface area contributed by atoms with Crippen LogP contribution in [-0.2, 0) is 11.8 Å². The largest absolute Gasteiger partial charge is 0.488 e. The molecule has 0 saturated heterocycles. The van der Waals surface area contributed by atoms with Crippen LogP contribution >= 0.6 is 34.8 Å². The van der Waals surface area contributed by atoms with Gasteiger partial charge >= 0.3 is 7.12 Å². The fourth-order valence-electron chi connectivity index (χ4n) is 13.0. The van der Waals surface area contributed by atoms with Crippen molar-refractivity contribution < 1.29 is 10.0 Å². The second kappa shape index (κ2) is 37.8. The van der Waals surface area contributed by atoms with Crippen LogP contribution in [0.1, 0.15) is 58.0 Å². The highest BCUT2D eigenvalue weighted by molar-refractivity contribution is 6.58. The smallest absolute Gasteiger partial charge is 0.423 e. The van der Waals surface area contributed by atoms with E-state index in [0.29, 0.717) is 20.9 Å². The zero-order chi connectivity index (χ0) is 75.7. The monoisotopic (exact) mass is 1490 g/mol. The Morgan fingerprint density at radius 3 is 1.22 bits per heavy atom. The van der Waals surface area contributed by atoms with E-state index in [4.69, 9.17) is 59.8 Å². The summed E-state index contributed by atoms with van der Waals surface area (Å²) in [6.07, 6.45) is 6.46. The first-order valence-corrected chi connectivity index (χ1v) is 37.2. The van der Waals surface area contributed by atoms with Crippen molar-refractivity contribution in [2.45, 2.75) is 24.7 Å². The summed E-state index contributed by atoms with van der Waals surface area (Å²) in [4.78, 5) is 32.5. The zero-order valence-electron chi connectivity index (χ0n) is 60.2. The van der Waals surface area contributed by atoms with Crippen molar-refractivity contribution in [1.82, 2.24) is 34.9 Å². The van der Waals surface area contributed by atoms with Gasteiger partial charge in [-0.1, -0.05) is 362 Å². The number of pyridine rings is 7. The topological polar surface area (TPSA) is 131 Å². The molecule has 13 heteroatoms. The standard InChI is InChI=1S/C28H22N2.C27H20N2.C15H10ClN.C12H11N.C9H5Cl2N.C6H7BO2/c1-28(23-15-6-3-7-16-23,25-18-10-11-19-29-25)26-20-22-14-8-9-17-24(22)27(30-26)21-12-4-2-5-13-21;1-3-11-20(12-4-1)26(24-17-9-10-18-28-24)25-19-22-15-7-8-16-23(22)27(29-25)21-13-5-2-6-14-21;16-14-10-12-8-4-5-9-13(12)15(17-14)11-6-2-1-3-7-11;1-2-6-11(7-3-1)10-12-8-4-5-9-13-12;10-8-5-6-3-1-2-4-7(6)9(11)12-8;8-7(9)6-4-2-1-3-5-6/h2-20H,1H3;1-19,26H;1-10H;1-9H,10H2;1-5H;1-5,8-9H. The fourth-order valence-corrected chi connectivity index (χ4v) is 13.7. The Morgan fingerprint density at radius 2 is 0.727 bits per heavy atom. The van der Waals surface area contributed by atoms with Crippen LogP contribution in [0.5, 0.6) is 0 Å². The van der Waals surface area contributed by atoms with Crippen molar-refractivity contribution >= 4 is 90.5 Å². The van der Waals surface area contributed by atoms with Crippen LogP contribution in [-0.4, -0.2) is 52.1 Å². The van der Waals surface area contributed by atoms with Crippen molar-refractivity contribution in [3.63, 3.8) is 0 Å². The highest BCUT2D eigenvalue weighted by Crippen LogP contribution is 2.41. The molecule has 0 radical (unpaired) electrons. The SMILES string of the molecule is CC(c1ccccc1)(c1ccccn1)c1cc2ccccc2c(-c2ccccc2)n1.Clc1cc2ccccc2c(-c2ccccc2)n1.Clc1cc2ccccc2c(Cl)n1.OB(O)c1ccccc1.c1ccc(-c2nc(C(c3ccccc3)c3ccccn3)cc3ccccc23)cc1.c1ccc(Cc2ccccn2)cc1. The minimum Gasteiger partial charge on any atom is -0.423 e. The molecule has 9 nitrogen and oxygen atoms in total. The molecule has 18 rings (SSSR count). The second-order valence-electron chi connectivity index (χ2n) is 25.8. The Hall–Kier alpha value is -12.6. The van der Waals surface area contributed by atoms with Crippen molar-refractivity contribution in [2.75, 3.05) is 0 Å². The zero-order valence-corrected chi connectivity index (χ0v) is 62.5. The predicted molar refractivity (Wildman–Crippen MR) is 456 cm³/mol. The number of hydrogen-bond acceptors (Lipinski definition) is 9. The van der Waals surface area contributed by atoms with E-state index in [9.17, 15) is 0 Å². The van der Waals surface area contributed by atoms with Gasteiger partial charge < -0.3 is 10.0 Å². The van der Waals surface area contributed by atoms with Crippen molar-refractivity contribution in [1.29, 1.82) is 0 Å².